The highest BCUT2D eigenvalue weighted by atomic mass is 28.3. The molecule has 0 saturated carbocycles. The van der Waals surface area contributed by atoms with Crippen LogP contribution < -0.4 is 19.7 Å². The standard InChI is InChI=1S/C47H62F2N6O5Si/c1-27(2)61(28(3)4,29(5)6)20-17-34-36(48)14-11-31-21-37(60-26-58-10)40(47(7,8)9)39(38(31)34)43-41(49)42-35(22-51-43)44(53-45(52-42)59-25-30-15-18-50-19-16-30)54-23-32-12-13-33(24-54)55(32)46(56)57/h11,14,21-22,27-30,32-33,50H,12-13,15-16,18-19,23-26H2,1-10H3,(H,56,57). The van der Waals surface area contributed by atoms with Gasteiger partial charge in [-0.25, -0.2) is 13.6 Å². The van der Waals surface area contributed by atoms with Crippen molar-refractivity contribution in [3.8, 4) is 34.5 Å². The molecule has 0 aliphatic carbocycles. The van der Waals surface area contributed by atoms with Crippen LogP contribution in [0.5, 0.6) is 11.8 Å². The smallest absolute Gasteiger partial charge is 0.407 e. The summed E-state index contributed by atoms with van der Waals surface area (Å²) in [5, 5.41) is 14.8. The summed E-state index contributed by atoms with van der Waals surface area (Å²) in [6, 6.07) is 4.54. The van der Waals surface area contributed by atoms with Gasteiger partial charge in [0.2, 0.25) is 0 Å². The van der Waals surface area contributed by atoms with Gasteiger partial charge >= 0.3 is 12.1 Å². The third-order valence-electron chi connectivity index (χ3n) is 13.4. The molecule has 3 fully saturated rings. The maximum Gasteiger partial charge on any atom is 0.407 e. The largest absolute Gasteiger partial charge is 0.467 e. The molecule has 5 heterocycles. The normalized spacial score (nSPS) is 18.7. The van der Waals surface area contributed by atoms with Gasteiger partial charge in [0.05, 0.1) is 29.6 Å². The predicted octanol–water partition coefficient (Wildman–Crippen LogP) is 9.68. The van der Waals surface area contributed by atoms with Gasteiger partial charge < -0.3 is 29.5 Å². The van der Waals surface area contributed by atoms with Crippen LogP contribution in [-0.4, -0.2) is 97.9 Å². The topological polar surface area (TPSA) is 122 Å². The van der Waals surface area contributed by atoms with Crippen molar-refractivity contribution in [1.82, 2.24) is 25.2 Å². The zero-order chi connectivity index (χ0) is 44.0. The number of rotatable bonds is 11. The molecule has 2 bridgehead atoms. The van der Waals surface area contributed by atoms with Crippen LogP contribution >= 0.6 is 0 Å². The van der Waals surface area contributed by atoms with E-state index in [-0.39, 0.29) is 47.6 Å². The van der Waals surface area contributed by atoms with E-state index < -0.39 is 31.2 Å². The summed E-state index contributed by atoms with van der Waals surface area (Å²) in [7, 11) is -0.805. The van der Waals surface area contributed by atoms with E-state index in [2.05, 4.69) is 58.3 Å². The summed E-state index contributed by atoms with van der Waals surface area (Å²) in [5.41, 5.74) is 5.14. The molecule has 7 rings (SSSR count). The Kier molecular flexibility index (Phi) is 12.9. The van der Waals surface area contributed by atoms with E-state index in [1.54, 1.807) is 17.2 Å². The van der Waals surface area contributed by atoms with E-state index >= 15 is 8.78 Å². The number of nitrogens with one attached hydrogen (secondary N) is 1. The number of carboxylic acid groups (broad SMARTS) is 1. The van der Waals surface area contributed by atoms with Gasteiger partial charge in [-0.1, -0.05) is 74.3 Å². The highest BCUT2D eigenvalue weighted by Crippen LogP contribution is 2.48. The van der Waals surface area contributed by atoms with Crippen LogP contribution in [0.15, 0.2) is 24.4 Å². The lowest BCUT2D eigenvalue weighted by atomic mass is 9.79. The summed E-state index contributed by atoms with van der Waals surface area (Å²) >= 11 is 0. The Morgan fingerprint density at radius 1 is 0.984 bits per heavy atom. The van der Waals surface area contributed by atoms with Crippen molar-refractivity contribution in [3.63, 3.8) is 0 Å². The number of benzene rings is 2. The van der Waals surface area contributed by atoms with Crippen molar-refractivity contribution >= 4 is 41.7 Å². The first-order valence-electron chi connectivity index (χ1n) is 21.9. The molecule has 0 spiro atoms. The molecule has 2 unspecified atom stereocenters. The lowest BCUT2D eigenvalue weighted by Crippen LogP contribution is -2.55. The van der Waals surface area contributed by atoms with Crippen molar-refractivity contribution in [2.45, 2.75) is 122 Å². The second kappa shape index (κ2) is 17.7. The number of piperazine rings is 1. The van der Waals surface area contributed by atoms with Gasteiger partial charge in [-0.3, -0.25) is 9.88 Å². The first-order chi connectivity index (χ1) is 29.0. The third kappa shape index (κ3) is 8.37. The molecule has 61 heavy (non-hydrogen) atoms. The second-order valence-corrected chi connectivity index (χ2v) is 24.7. The molecule has 2 N–H and O–H groups in total. The number of methoxy groups -OCH3 is 1. The van der Waals surface area contributed by atoms with Crippen LogP contribution in [-0.2, 0) is 10.2 Å². The van der Waals surface area contributed by atoms with Gasteiger partial charge in [-0.2, -0.15) is 9.97 Å². The zero-order valence-corrected chi connectivity index (χ0v) is 38.4. The lowest BCUT2D eigenvalue weighted by molar-refractivity contribution is 0.0500. The molecule has 14 heteroatoms. The summed E-state index contributed by atoms with van der Waals surface area (Å²) in [6.45, 7) is 22.2. The van der Waals surface area contributed by atoms with E-state index in [9.17, 15) is 9.90 Å². The fourth-order valence-corrected chi connectivity index (χ4v) is 15.7. The Hall–Kier alpha value is -4.58. The Morgan fingerprint density at radius 2 is 1.64 bits per heavy atom. The molecular formula is C47H62F2N6O5Si. The number of amides is 1. The van der Waals surface area contributed by atoms with Gasteiger partial charge in [0, 0.05) is 42.9 Å². The number of fused-ring (bicyclic) bond motifs is 4. The average Bonchev–Trinajstić information content (AvgIpc) is 3.48. The van der Waals surface area contributed by atoms with E-state index in [4.69, 9.17) is 29.2 Å². The number of pyridine rings is 1. The quantitative estimate of drug-likeness (QED) is 0.0857. The van der Waals surface area contributed by atoms with Crippen molar-refractivity contribution in [2.75, 3.05) is 51.6 Å². The SMILES string of the molecule is COCOc1cc2ccc(F)c(C#C[Si](C(C)C)(C(C)C)C(C)C)c2c(-c2ncc3c(N4CC5CCC(C4)N5C(=O)O)nc(OCC4CCNCC4)nc3c2F)c1C(C)(C)C. The van der Waals surface area contributed by atoms with Crippen LogP contribution in [0.4, 0.5) is 19.4 Å². The van der Waals surface area contributed by atoms with Crippen molar-refractivity contribution in [2.24, 2.45) is 5.92 Å². The Balaban J connectivity index is 1.51. The number of ether oxygens (including phenoxy) is 3. The monoisotopic (exact) mass is 856 g/mol. The molecule has 3 saturated heterocycles. The van der Waals surface area contributed by atoms with Gasteiger partial charge in [0.25, 0.3) is 0 Å². The van der Waals surface area contributed by atoms with Crippen molar-refractivity contribution in [1.29, 1.82) is 0 Å². The van der Waals surface area contributed by atoms with Crippen molar-refractivity contribution in [3.05, 3.63) is 47.2 Å². The predicted molar refractivity (Wildman–Crippen MR) is 239 cm³/mol. The molecule has 2 atom stereocenters. The second-order valence-electron chi connectivity index (χ2n) is 19.1. The van der Waals surface area contributed by atoms with Gasteiger partial charge in [-0.05, 0) is 84.2 Å². The number of hydrogen-bond donors (Lipinski definition) is 2. The first kappa shape index (κ1) is 44.5. The zero-order valence-electron chi connectivity index (χ0n) is 37.4. The molecule has 4 aromatic rings. The van der Waals surface area contributed by atoms with Crippen LogP contribution in [0.25, 0.3) is 32.9 Å². The minimum absolute atomic E-state index is 0.00873. The molecule has 2 aromatic heterocycles. The van der Waals surface area contributed by atoms with E-state index in [0.717, 1.165) is 38.8 Å². The van der Waals surface area contributed by atoms with Gasteiger partial charge in [0.15, 0.2) is 12.6 Å². The fourth-order valence-electron chi connectivity index (χ4n) is 10.5. The number of halogens is 2. The molecule has 0 radical (unpaired) electrons. The molecule has 1 amide bonds. The summed E-state index contributed by atoms with van der Waals surface area (Å²) in [4.78, 5) is 30.4. The highest BCUT2D eigenvalue weighted by molar-refractivity contribution is 6.90. The van der Waals surface area contributed by atoms with Gasteiger partial charge in [0.1, 0.15) is 36.7 Å². The molecular weight excluding hydrogens is 795 g/mol. The Morgan fingerprint density at radius 3 is 2.23 bits per heavy atom. The summed E-state index contributed by atoms with van der Waals surface area (Å²) < 4.78 is 52.7. The van der Waals surface area contributed by atoms with Crippen LogP contribution in [0.2, 0.25) is 16.6 Å². The number of carbonyl (C=O) groups is 1. The third-order valence-corrected chi connectivity index (χ3v) is 19.7. The fraction of sp³-hybridized carbons (Fsp3) is 0.574. The number of piperidine rings is 1. The number of nitrogens with zero attached hydrogens (tertiary/aromatic N) is 5. The maximum absolute atomic E-state index is 18.1. The van der Waals surface area contributed by atoms with Crippen molar-refractivity contribution < 1.29 is 32.9 Å². The number of hydrogen-bond acceptors (Lipinski definition) is 9. The first-order valence-corrected chi connectivity index (χ1v) is 24.1. The number of anilines is 1. The Labute approximate surface area is 360 Å². The minimum Gasteiger partial charge on any atom is -0.467 e. The maximum atomic E-state index is 18.1. The van der Waals surface area contributed by atoms with E-state index in [1.165, 1.54) is 13.2 Å². The molecule has 2 aromatic carbocycles. The molecule has 11 nitrogen and oxygen atoms in total. The lowest BCUT2D eigenvalue weighted by Gasteiger charge is -2.40. The van der Waals surface area contributed by atoms with Gasteiger partial charge in [-0.15, -0.1) is 5.54 Å². The Bertz CT molecular complexity index is 2320. The van der Waals surface area contributed by atoms with E-state index in [0.29, 0.717) is 75.2 Å². The van der Waals surface area contributed by atoms with E-state index in [1.807, 2.05) is 31.7 Å². The molecule has 328 valence electrons. The van der Waals surface area contributed by atoms with Crippen LogP contribution in [0, 0.1) is 29.0 Å². The molecule has 3 aliphatic rings. The van der Waals surface area contributed by atoms with Crippen LogP contribution in [0.3, 0.4) is 0 Å². The minimum atomic E-state index is -2.34. The highest BCUT2D eigenvalue weighted by Gasteiger charge is 2.44. The average molecular weight is 857 g/mol. The summed E-state index contributed by atoms with van der Waals surface area (Å²) in [6.07, 6.45) is 3.98. The summed E-state index contributed by atoms with van der Waals surface area (Å²) in [5.74, 6) is 3.37. The van der Waals surface area contributed by atoms with Crippen LogP contribution in [0.1, 0.15) is 99.1 Å². The number of aromatic nitrogens is 3. The molecule has 3 aliphatic heterocycles.